The number of aromatic amines is 1. The molecule has 0 aliphatic rings. The number of para-hydroxylation sites is 1. The first-order valence-electron chi connectivity index (χ1n) is 5.60. The van der Waals surface area contributed by atoms with Gasteiger partial charge in [-0.05, 0) is 12.1 Å². The van der Waals surface area contributed by atoms with Crippen LogP contribution in [0.25, 0.3) is 0 Å². The topological polar surface area (TPSA) is 89.8 Å². The zero-order valence-electron chi connectivity index (χ0n) is 10.0. The summed E-state index contributed by atoms with van der Waals surface area (Å²) in [6.45, 7) is 0.105. The van der Waals surface area contributed by atoms with Crippen LogP contribution in [0.1, 0.15) is 6.42 Å². The first kappa shape index (κ1) is 13.1. The van der Waals surface area contributed by atoms with Gasteiger partial charge >= 0.3 is 0 Å². The summed E-state index contributed by atoms with van der Waals surface area (Å²) in [6.07, 6.45) is 2.68. The molecule has 0 radical (unpaired) electrons. The second-order valence-corrected chi connectivity index (χ2v) is 5.62. The Kier molecular flexibility index (Phi) is 3.82. The molecular weight excluding hydrogens is 264 g/mol. The molecule has 2 aromatic rings. The van der Waals surface area contributed by atoms with Crippen LogP contribution in [-0.2, 0) is 10.0 Å². The van der Waals surface area contributed by atoms with Crippen molar-refractivity contribution >= 4 is 15.7 Å². The van der Waals surface area contributed by atoms with E-state index < -0.39 is 10.0 Å². The van der Waals surface area contributed by atoms with Crippen molar-refractivity contribution in [3.8, 4) is 6.07 Å². The highest BCUT2D eigenvalue weighted by Crippen LogP contribution is 2.22. The predicted molar refractivity (Wildman–Crippen MR) is 69.8 cm³/mol. The number of rotatable bonds is 5. The van der Waals surface area contributed by atoms with Gasteiger partial charge in [-0.15, -0.1) is 0 Å². The molecule has 1 aromatic heterocycles. The van der Waals surface area contributed by atoms with Crippen LogP contribution in [0.15, 0.2) is 47.6 Å². The molecule has 0 amide bonds. The molecule has 98 valence electrons. The number of benzene rings is 1. The van der Waals surface area contributed by atoms with Gasteiger partial charge in [-0.1, -0.05) is 18.2 Å². The van der Waals surface area contributed by atoms with Crippen molar-refractivity contribution in [2.24, 2.45) is 0 Å². The van der Waals surface area contributed by atoms with Gasteiger partial charge in [0.25, 0.3) is 10.0 Å². The molecule has 1 heterocycles. The van der Waals surface area contributed by atoms with Gasteiger partial charge in [0, 0.05) is 12.7 Å². The third-order valence-corrected chi connectivity index (χ3v) is 4.32. The number of sulfonamides is 1. The highest BCUT2D eigenvalue weighted by Gasteiger charge is 2.25. The third-order valence-electron chi connectivity index (χ3n) is 2.53. The molecule has 7 heteroatoms. The first-order chi connectivity index (χ1) is 9.16. The van der Waals surface area contributed by atoms with E-state index in [2.05, 4.69) is 10.2 Å². The van der Waals surface area contributed by atoms with Crippen molar-refractivity contribution < 1.29 is 8.42 Å². The standard InChI is InChI=1S/C12H12N4O2S/c13-7-4-8-16(11-5-2-1-3-6-11)19(17,18)12-9-14-15-10-12/h1-3,5-6,9-10H,4,8H2,(H,14,15). The summed E-state index contributed by atoms with van der Waals surface area (Å²) in [5.74, 6) is 0. The number of hydrogen-bond donors (Lipinski definition) is 1. The summed E-state index contributed by atoms with van der Waals surface area (Å²) in [4.78, 5) is 0.0780. The van der Waals surface area contributed by atoms with Crippen LogP contribution < -0.4 is 4.31 Å². The number of H-pyrrole nitrogens is 1. The molecule has 0 aliphatic heterocycles. The van der Waals surface area contributed by atoms with Gasteiger partial charge in [0.15, 0.2) is 0 Å². The summed E-state index contributed by atoms with van der Waals surface area (Å²) in [7, 11) is -3.69. The summed E-state index contributed by atoms with van der Waals surface area (Å²) in [6, 6.07) is 10.6. The minimum atomic E-state index is -3.69. The van der Waals surface area contributed by atoms with Gasteiger partial charge in [-0.3, -0.25) is 9.40 Å². The predicted octanol–water partition coefficient (Wildman–Crippen LogP) is 1.52. The van der Waals surface area contributed by atoms with Gasteiger partial charge in [0.1, 0.15) is 4.90 Å². The Hall–Kier alpha value is -2.33. The minimum Gasteiger partial charge on any atom is -0.284 e. The molecule has 0 saturated heterocycles. The number of anilines is 1. The largest absolute Gasteiger partial charge is 0.284 e. The molecule has 0 saturated carbocycles. The molecule has 0 spiro atoms. The molecule has 0 aliphatic carbocycles. The summed E-state index contributed by atoms with van der Waals surface area (Å²) in [5, 5.41) is 14.8. The van der Waals surface area contributed by atoms with E-state index in [4.69, 9.17) is 5.26 Å². The lowest BCUT2D eigenvalue weighted by Crippen LogP contribution is -2.31. The maximum atomic E-state index is 12.5. The smallest absolute Gasteiger partial charge is 0.267 e. The highest BCUT2D eigenvalue weighted by molar-refractivity contribution is 7.92. The molecule has 0 fully saturated rings. The number of aromatic nitrogens is 2. The van der Waals surface area contributed by atoms with Crippen molar-refractivity contribution in [3.05, 3.63) is 42.7 Å². The van der Waals surface area contributed by atoms with Gasteiger partial charge in [-0.2, -0.15) is 10.4 Å². The fourth-order valence-corrected chi connectivity index (χ4v) is 3.01. The Balaban J connectivity index is 2.42. The Morgan fingerprint density at radius 3 is 2.63 bits per heavy atom. The number of nitrogens with one attached hydrogen (secondary N) is 1. The van der Waals surface area contributed by atoms with E-state index in [1.165, 1.54) is 16.7 Å². The van der Waals surface area contributed by atoms with E-state index in [0.717, 1.165) is 0 Å². The molecule has 6 nitrogen and oxygen atoms in total. The Bertz CT molecular complexity index is 660. The maximum Gasteiger partial charge on any atom is 0.267 e. The van der Waals surface area contributed by atoms with Crippen LogP contribution in [0.4, 0.5) is 5.69 Å². The van der Waals surface area contributed by atoms with Crippen molar-refractivity contribution in [1.82, 2.24) is 10.2 Å². The zero-order valence-corrected chi connectivity index (χ0v) is 10.8. The lowest BCUT2D eigenvalue weighted by atomic mass is 10.3. The third kappa shape index (κ3) is 2.74. The summed E-state index contributed by atoms with van der Waals surface area (Å²) in [5.41, 5.74) is 0.527. The molecule has 0 bridgehead atoms. The van der Waals surface area contributed by atoms with Crippen LogP contribution in [0.3, 0.4) is 0 Å². The van der Waals surface area contributed by atoms with E-state index in [-0.39, 0.29) is 17.9 Å². The normalized spacial score (nSPS) is 10.9. The minimum absolute atomic E-state index is 0.0780. The molecule has 1 N–H and O–H groups in total. The van der Waals surface area contributed by atoms with Crippen LogP contribution in [0.5, 0.6) is 0 Å². The van der Waals surface area contributed by atoms with E-state index >= 15 is 0 Å². The molecule has 2 rings (SSSR count). The van der Waals surface area contributed by atoms with E-state index in [9.17, 15) is 8.42 Å². The Morgan fingerprint density at radius 2 is 2.05 bits per heavy atom. The Labute approximate surface area is 111 Å². The zero-order chi connectivity index (χ0) is 13.7. The van der Waals surface area contributed by atoms with E-state index in [1.807, 2.05) is 6.07 Å². The van der Waals surface area contributed by atoms with Gasteiger partial charge in [0.2, 0.25) is 0 Å². The van der Waals surface area contributed by atoms with Gasteiger partial charge in [-0.25, -0.2) is 8.42 Å². The number of nitrogens with zero attached hydrogens (tertiary/aromatic N) is 3. The quantitative estimate of drug-likeness (QED) is 0.896. The monoisotopic (exact) mass is 276 g/mol. The number of nitriles is 1. The average molecular weight is 276 g/mol. The van der Waals surface area contributed by atoms with Gasteiger partial charge in [0.05, 0.1) is 24.4 Å². The Morgan fingerprint density at radius 1 is 1.32 bits per heavy atom. The molecular formula is C12H12N4O2S. The van der Waals surface area contributed by atoms with E-state index in [0.29, 0.717) is 5.69 Å². The van der Waals surface area contributed by atoms with Crippen molar-refractivity contribution in [3.63, 3.8) is 0 Å². The SMILES string of the molecule is N#CCCN(c1ccccc1)S(=O)(=O)c1cn[nH]c1. The second-order valence-electron chi connectivity index (χ2n) is 3.75. The lowest BCUT2D eigenvalue weighted by molar-refractivity contribution is 0.591. The van der Waals surface area contributed by atoms with Crippen LogP contribution in [0, 0.1) is 11.3 Å². The van der Waals surface area contributed by atoms with E-state index in [1.54, 1.807) is 30.3 Å². The van der Waals surface area contributed by atoms with Crippen molar-refractivity contribution in [2.45, 2.75) is 11.3 Å². The van der Waals surface area contributed by atoms with Crippen LogP contribution in [0.2, 0.25) is 0 Å². The summed E-state index contributed by atoms with van der Waals surface area (Å²) < 4.78 is 26.1. The van der Waals surface area contributed by atoms with Crippen molar-refractivity contribution in [2.75, 3.05) is 10.8 Å². The second kappa shape index (κ2) is 5.54. The molecule has 1 aromatic carbocycles. The first-order valence-corrected chi connectivity index (χ1v) is 7.04. The van der Waals surface area contributed by atoms with Gasteiger partial charge < -0.3 is 0 Å². The fraction of sp³-hybridized carbons (Fsp3) is 0.167. The number of hydrogen-bond acceptors (Lipinski definition) is 4. The molecule has 0 unspecified atom stereocenters. The molecule has 19 heavy (non-hydrogen) atoms. The molecule has 0 atom stereocenters. The average Bonchev–Trinajstić information content (AvgIpc) is 2.95. The fourth-order valence-electron chi connectivity index (χ4n) is 1.64. The summed E-state index contributed by atoms with van der Waals surface area (Å²) >= 11 is 0. The maximum absolute atomic E-state index is 12.5. The van der Waals surface area contributed by atoms with Crippen molar-refractivity contribution in [1.29, 1.82) is 5.26 Å². The lowest BCUT2D eigenvalue weighted by Gasteiger charge is -2.22. The highest BCUT2D eigenvalue weighted by atomic mass is 32.2. The van der Waals surface area contributed by atoms with Crippen LogP contribution in [-0.4, -0.2) is 25.2 Å². The van der Waals surface area contributed by atoms with Crippen LogP contribution >= 0.6 is 0 Å².